The minimum atomic E-state index is -0.631. The lowest BCUT2D eigenvalue weighted by Crippen LogP contribution is -2.27. The van der Waals surface area contributed by atoms with Crippen LogP contribution in [0.2, 0.25) is 0 Å². The first-order chi connectivity index (χ1) is 9.10. The first kappa shape index (κ1) is 14.8. The van der Waals surface area contributed by atoms with Gasteiger partial charge in [0.1, 0.15) is 17.6 Å². The maximum absolute atomic E-state index is 11.9. The number of nitrogens with one attached hydrogen (secondary N) is 2. The highest BCUT2D eigenvalue weighted by atomic mass is 16.6. The van der Waals surface area contributed by atoms with E-state index in [1.54, 1.807) is 0 Å². The molecule has 0 bridgehead atoms. The molecule has 1 aromatic rings. The Kier molecular flexibility index (Phi) is 5.68. The summed E-state index contributed by atoms with van der Waals surface area (Å²) in [7, 11) is 1.50. The molecule has 0 radical (unpaired) electrons. The molecule has 0 unspecified atom stereocenters. The Balaban J connectivity index is 2.96. The fraction of sp³-hybridized carbons (Fsp3) is 0.455. The fourth-order valence-electron chi connectivity index (χ4n) is 1.42. The zero-order valence-corrected chi connectivity index (χ0v) is 10.8. The number of carbonyl (C=O) groups is 1. The molecular formula is C11H16N4O4. The minimum absolute atomic E-state index is 0.0212. The Morgan fingerprint density at radius 3 is 2.89 bits per heavy atom. The van der Waals surface area contributed by atoms with E-state index in [0.29, 0.717) is 19.0 Å². The monoisotopic (exact) mass is 268 g/mol. The van der Waals surface area contributed by atoms with E-state index in [4.69, 9.17) is 4.74 Å². The third-order valence-electron chi connectivity index (χ3n) is 2.27. The molecule has 0 aromatic carbocycles. The molecule has 0 saturated carbocycles. The van der Waals surface area contributed by atoms with Crippen molar-refractivity contribution in [2.75, 3.05) is 32.1 Å². The molecule has 19 heavy (non-hydrogen) atoms. The van der Waals surface area contributed by atoms with Gasteiger partial charge in [0, 0.05) is 26.3 Å². The van der Waals surface area contributed by atoms with Crippen LogP contribution in [0.3, 0.4) is 0 Å². The van der Waals surface area contributed by atoms with Gasteiger partial charge >= 0.3 is 0 Å². The van der Waals surface area contributed by atoms with Crippen LogP contribution >= 0.6 is 0 Å². The van der Waals surface area contributed by atoms with E-state index in [1.165, 1.54) is 13.2 Å². The van der Waals surface area contributed by atoms with Crippen molar-refractivity contribution in [2.45, 2.75) is 6.92 Å². The summed E-state index contributed by atoms with van der Waals surface area (Å²) in [5.74, 6) is -0.102. The summed E-state index contributed by atoms with van der Waals surface area (Å²) in [5.41, 5.74) is -0.344. The lowest BCUT2D eigenvalue weighted by molar-refractivity contribution is -0.385. The number of nitro groups is 1. The predicted octanol–water partition coefficient (Wildman–Crippen LogP) is 0.798. The number of rotatable bonds is 7. The summed E-state index contributed by atoms with van der Waals surface area (Å²) in [6, 6.07) is 1.36. The third-order valence-corrected chi connectivity index (χ3v) is 2.27. The number of ether oxygens (including phenoxy) is 1. The lowest BCUT2D eigenvalue weighted by atomic mass is 10.2. The van der Waals surface area contributed by atoms with Gasteiger partial charge in [0.05, 0.1) is 11.5 Å². The molecule has 1 aromatic heterocycles. The summed E-state index contributed by atoms with van der Waals surface area (Å²) < 4.78 is 4.79. The summed E-state index contributed by atoms with van der Waals surface area (Å²) in [6.07, 6.45) is 1.07. The smallest absolute Gasteiger partial charge is 0.300 e. The van der Waals surface area contributed by atoms with Crippen molar-refractivity contribution in [1.82, 2.24) is 10.3 Å². The maximum Gasteiger partial charge on any atom is 0.300 e. The van der Waals surface area contributed by atoms with Crippen molar-refractivity contribution in [3.8, 4) is 0 Å². The van der Waals surface area contributed by atoms with Crippen LogP contribution in [0.25, 0.3) is 0 Å². The second-order valence-electron chi connectivity index (χ2n) is 3.62. The second kappa shape index (κ2) is 7.27. The Morgan fingerprint density at radius 1 is 1.58 bits per heavy atom. The zero-order valence-electron chi connectivity index (χ0n) is 10.8. The number of anilines is 1. The topological polar surface area (TPSA) is 106 Å². The van der Waals surface area contributed by atoms with Crippen molar-refractivity contribution >= 4 is 17.4 Å². The summed E-state index contributed by atoms with van der Waals surface area (Å²) in [4.78, 5) is 26.0. The Morgan fingerprint density at radius 2 is 2.32 bits per heavy atom. The Bertz CT molecular complexity index is 464. The molecule has 1 rings (SSSR count). The van der Waals surface area contributed by atoms with Gasteiger partial charge in [0.15, 0.2) is 0 Å². The Hall–Kier alpha value is -2.22. The van der Waals surface area contributed by atoms with Gasteiger partial charge < -0.3 is 15.4 Å². The number of carbonyl (C=O) groups excluding carboxylic acids is 1. The predicted molar refractivity (Wildman–Crippen MR) is 69.3 cm³/mol. The molecule has 0 aliphatic heterocycles. The molecule has 104 valence electrons. The minimum Gasteiger partial charge on any atom is -0.383 e. The van der Waals surface area contributed by atoms with Crippen molar-refractivity contribution in [2.24, 2.45) is 0 Å². The van der Waals surface area contributed by atoms with E-state index in [1.807, 2.05) is 6.92 Å². The number of hydrogen-bond donors (Lipinski definition) is 2. The average molecular weight is 268 g/mol. The Labute approximate surface area is 110 Å². The average Bonchev–Trinajstić information content (AvgIpc) is 2.39. The number of hydrogen-bond acceptors (Lipinski definition) is 6. The normalized spacial score (nSPS) is 10.0. The number of aromatic nitrogens is 1. The highest BCUT2D eigenvalue weighted by Gasteiger charge is 2.21. The molecule has 0 aliphatic carbocycles. The fourth-order valence-corrected chi connectivity index (χ4v) is 1.42. The van der Waals surface area contributed by atoms with Gasteiger partial charge in [-0.1, -0.05) is 0 Å². The SMILES string of the molecule is CCNc1cc(C(=O)NCCOC)c([N+](=O)[O-])cn1. The van der Waals surface area contributed by atoms with E-state index in [9.17, 15) is 14.9 Å². The van der Waals surface area contributed by atoms with Crippen LogP contribution in [0.15, 0.2) is 12.3 Å². The van der Waals surface area contributed by atoms with Gasteiger partial charge in [-0.05, 0) is 6.92 Å². The van der Waals surface area contributed by atoms with Crippen LogP contribution in [0.5, 0.6) is 0 Å². The third kappa shape index (κ3) is 4.18. The van der Waals surface area contributed by atoms with Crippen molar-refractivity contribution < 1.29 is 14.5 Å². The largest absolute Gasteiger partial charge is 0.383 e. The number of pyridine rings is 1. The number of amides is 1. The standard InChI is InChI=1S/C11H16N4O4/c1-3-12-10-6-8(9(7-14-10)15(17)18)11(16)13-4-5-19-2/h6-7H,3-5H2,1-2H3,(H,12,14)(H,13,16). The first-order valence-electron chi connectivity index (χ1n) is 5.75. The van der Waals surface area contributed by atoms with Gasteiger partial charge in [0.25, 0.3) is 11.6 Å². The molecule has 2 N–H and O–H groups in total. The van der Waals surface area contributed by atoms with Crippen LogP contribution in [0, 0.1) is 10.1 Å². The molecule has 1 amide bonds. The van der Waals surface area contributed by atoms with Crippen LogP contribution in [-0.4, -0.2) is 42.6 Å². The highest BCUT2D eigenvalue weighted by Crippen LogP contribution is 2.20. The van der Waals surface area contributed by atoms with Crippen LogP contribution in [0.4, 0.5) is 11.5 Å². The maximum atomic E-state index is 11.9. The second-order valence-corrected chi connectivity index (χ2v) is 3.62. The summed E-state index contributed by atoms with van der Waals surface area (Å²) >= 11 is 0. The van der Waals surface area contributed by atoms with E-state index in [2.05, 4.69) is 15.6 Å². The van der Waals surface area contributed by atoms with Gasteiger partial charge in [-0.15, -0.1) is 0 Å². The van der Waals surface area contributed by atoms with E-state index in [-0.39, 0.29) is 17.8 Å². The number of nitrogens with zero attached hydrogens (tertiary/aromatic N) is 2. The highest BCUT2D eigenvalue weighted by molar-refractivity contribution is 5.98. The van der Waals surface area contributed by atoms with Crippen molar-refractivity contribution in [1.29, 1.82) is 0 Å². The van der Waals surface area contributed by atoms with E-state index in [0.717, 1.165) is 6.20 Å². The molecule has 1 heterocycles. The first-order valence-corrected chi connectivity index (χ1v) is 5.75. The summed E-state index contributed by atoms with van der Waals surface area (Å²) in [6.45, 7) is 3.09. The molecule has 0 aliphatic rings. The van der Waals surface area contributed by atoms with Crippen LogP contribution in [-0.2, 0) is 4.74 Å². The quantitative estimate of drug-likeness (QED) is 0.430. The molecule has 0 spiro atoms. The van der Waals surface area contributed by atoms with Gasteiger partial charge in [-0.2, -0.15) is 0 Å². The van der Waals surface area contributed by atoms with Crippen LogP contribution < -0.4 is 10.6 Å². The zero-order chi connectivity index (χ0) is 14.3. The molecule has 8 heteroatoms. The molecule has 8 nitrogen and oxygen atoms in total. The summed E-state index contributed by atoms with van der Waals surface area (Å²) in [5, 5.41) is 16.3. The van der Waals surface area contributed by atoms with Crippen molar-refractivity contribution in [3.63, 3.8) is 0 Å². The van der Waals surface area contributed by atoms with Crippen molar-refractivity contribution in [3.05, 3.63) is 27.9 Å². The molecule has 0 fully saturated rings. The van der Waals surface area contributed by atoms with Gasteiger partial charge in [0.2, 0.25) is 0 Å². The van der Waals surface area contributed by atoms with E-state index >= 15 is 0 Å². The van der Waals surface area contributed by atoms with E-state index < -0.39 is 10.8 Å². The molecule has 0 atom stereocenters. The lowest BCUT2D eigenvalue weighted by Gasteiger charge is -2.07. The van der Waals surface area contributed by atoms with Gasteiger partial charge in [-0.25, -0.2) is 4.98 Å². The molecular weight excluding hydrogens is 252 g/mol. The number of methoxy groups -OCH3 is 1. The van der Waals surface area contributed by atoms with Gasteiger partial charge in [-0.3, -0.25) is 14.9 Å². The van der Waals surface area contributed by atoms with Crippen LogP contribution in [0.1, 0.15) is 17.3 Å². The molecule has 0 saturated heterocycles.